The number of H-pyrrole nitrogens is 1. The van der Waals surface area contributed by atoms with Gasteiger partial charge < -0.3 is 4.98 Å². The van der Waals surface area contributed by atoms with Crippen LogP contribution in [0.15, 0.2) is 42.9 Å². The molecule has 0 spiro atoms. The molecular formula is C13H12N2S. The number of imidazole rings is 1. The summed E-state index contributed by atoms with van der Waals surface area (Å²) >= 11 is 1.86. The van der Waals surface area contributed by atoms with Gasteiger partial charge in [-0.2, -0.15) is 0 Å². The summed E-state index contributed by atoms with van der Waals surface area (Å²) in [6, 6.07) is 10.8. The van der Waals surface area contributed by atoms with Gasteiger partial charge in [-0.1, -0.05) is 25.1 Å². The van der Waals surface area contributed by atoms with Crippen molar-refractivity contribution in [1.82, 2.24) is 9.97 Å². The summed E-state index contributed by atoms with van der Waals surface area (Å²) in [5.74, 6) is 0.389. The summed E-state index contributed by atoms with van der Waals surface area (Å²) < 4.78 is 1.35. The molecule has 0 amide bonds. The van der Waals surface area contributed by atoms with Gasteiger partial charge in [-0.15, -0.1) is 11.3 Å². The summed E-state index contributed by atoms with van der Waals surface area (Å²) in [6.45, 7) is 2.21. The molecule has 1 N–H and O–H groups in total. The van der Waals surface area contributed by atoms with Crippen LogP contribution in [0.3, 0.4) is 0 Å². The third-order valence-electron chi connectivity index (χ3n) is 2.86. The predicted molar refractivity (Wildman–Crippen MR) is 67.9 cm³/mol. The maximum atomic E-state index is 4.07. The summed E-state index contributed by atoms with van der Waals surface area (Å²) in [5.41, 5.74) is 1.17. The number of benzene rings is 1. The van der Waals surface area contributed by atoms with E-state index in [1.807, 2.05) is 17.5 Å². The molecular weight excluding hydrogens is 216 g/mol. The SMILES string of the molecule is CC(c1cnc[nH]1)c1cc2ccccc2s1. The first-order valence-corrected chi connectivity index (χ1v) is 6.13. The lowest BCUT2D eigenvalue weighted by molar-refractivity contribution is 0.905. The van der Waals surface area contributed by atoms with Crippen molar-refractivity contribution in [3.05, 3.63) is 53.4 Å². The predicted octanol–water partition coefficient (Wildman–Crippen LogP) is 3.78. The Bertz CT molecular complexity index is 562. The Hall–Kier alpha value is -1.61. The summed E-state index contributed by atoms with van der Waals surface area (Å²) in [5, 5.41) is 1.33. The molecule has 0 saturated carbocycles. The van der Waals surface area contributed by atoms with Crippen molar-refractivity contribution in [3.8, 4) is 0 Å². The molecule has 0 fully saturated rings. The molecule has 0 aliphatic carbocycles. The normalized spacial score (nSPS) is 13.1. The quantitative estimate of drug-likeness (QED) is 0.710. The van der Waals surface area contributed by atoms with Gasteiger partial charge in [-0.3, -0.25) is 0 Å². The molecule has 0 saturated heterocycles. The van der Waals surface area contributed by atoms with Crippen LogP contribution < -0.4 is 0 Å². The molecule has 16 heavy (non-hydrogen) atoms. The molecule has 1 atom stereocenters. The second-order valence-electron chi connectivity index (χ2n) is 3.92. The maximum Gasteiger partial charge on any atom is 0.0921 e. The van der Waals surface area contributed by atoms with Crippen molar-refractivity contribution in [2.45, 2.75) is 12.8 Å². The second-order valence-corrected chi connectivity index (χ2v) is 5.03. The van der Waals surface area contributed by atoms with Crippen molar-refractivity contribution in [2.24, 2.45) is 0 Å². The zero-order valence-electron chi connectivity index (χ0n) is 8.97. The van der Waals surface area contributed by atoms with Crippen molar-refractivity contribution >= 4 is 21.4 Å². The van der Waals surface area contributed by atoms with Gasteiger partial charge in [-0.25, -0.2) is 4.98 Å². The van der Waals surface area contributed by atoms with Crippen LogP contribution in [-0.2, 0) is 0 Å². The number of hydrogen-bond acceptors (Lipinski definition) is 2. The van der Waals surface area contributed by atoms with Crippen LogP contribution in [0.25, 0.3) is 10.1 Å². The van der Waals surface area contributed by atoms with Gasteiger partial charge in [0, 0.05) is 27.4 Å². The van der Waals surface area contributed by atoms with Gasteiger partial charge in [0.05, 0.1) is 6.33 Å². The first kappa shape index (κ1) is 9.60. The van der Waals surface area contributed by atoms with Gasteiger partial charge in [0.25, 0.3) is 0 Å². The summed E-state index contributed by atoms with van der Waals surface area (Å²) in [4.78, 5) is 8.63. The zero-order valence-corrected chi connectivity index (χ0v) is 9.79. The lowest BCUT2D eigenvalue weighted by Gasteiger charge is -2.04. The fourth-order valence-electron chi connectivity index (χ4n) is 1.87. The average molecular weight is 228 g/mol. The highest BCUT2D eigenvalue weighted by molar-refractivity contribution is 7.19. The second kappa shape index (κ2) is 3.76. The van der Waals surface area contributed by atoms with Crippen LogP contribution in [-0.4, -0.2) is 9.97 Å². The van der Waals surface area contributed by atoms with Crippen molar-refractivity contribution in [3.63, 3.8) is 0 Å². The van der Waals surface area contributed by atoms with Crippen LogP contribution in [0.4, 0.5) is 0 Å². The van der Waals surface area contributed by atoms with Crippen LogP contribution in [0.1, 0.15) is 23.4 Å². The highest BCUT2D eigenvalue weighted by Crippen LogP contribution is 2.33. The van der Waals surface area contributed by atoms with E-state index in [0.717, 1.165) is 0 Å². The topological polar surface area (TPSA) is 28.7 Å². The van der Waals surface area contributed by atoms with E-state index in [4.69, 9.17) is 0 Å². The average Bonchev–Trinajstić information content (AvgIpc) is 2.97. The van der Waals surface area contributed by atoms with Crippen LogP contribution in [0.2, 0.25) is 0 Å². The Balaban J connectivity index is 2.06. The lowest BCUT2D eigenvalue weighted by atomic mass is 10.1. The van der Waals surface area contributed by atoms with E-state index in [-0.39, 0.29) is 0 Å². The molecule has 3 rings (SSSR count). The number of aromatic amines is 1. The molecule has 2 heterocycles. The van der Waals surface area contributed by atoms with Crippen molar-refractivity contribution in [1.29, 1.82) is 0 Å². The zero-order chi connectivity index (χ0) is 11.0. The van der Waals surface area contributed by atoms with Gasteiger partial charge in [-0.05, 0) is 17.5 Å². The molecule has 2 aromatic heterocycles. The van der Waals surface area contributed by atoms with Crippen LogP contribution >= 0.6 is 11.3 Å². The van der Waals surface area contributed by atoms with E-state index in [1.54, 1.807) is 6.33 Å². The Morgan fingerprint density at radius 1 is 1.31 bits per heavy atom. The van der Waals surface area contributed by atoms with Gasteiger partial charge in [0.2, 0.25) is 0 Å². The fraction of sp³-hybridized carbons (Fsp3) is 0.154. The minimum absolute atomic E-state index is 0.389. The molecule has 2 nitrogen and oxygen atoms in total. The van der Waals surface area contributed by atoms with E-state index < -0.39 is 0 Å². The molecule has 3 aromatic rings. The first-order valence-electron chi connectivity index (χ1n) is 5.31. The Morgan fingerprint density at radius 2 is 2.19 bits per heavy atom. The first-order chi connectivity index (χ1) is 7.84. The number of fused-ring (bicyclic) bond motifs is 1. The fourth-order valence-corrected chi connectivity index (χ4v) is 3.01. The molecule has 0 bridgehead atoms. The van der Waals surface area contributed by atoms with E-state index in [9.17, 15) is 0 Å². The molecule has 1 unspecified atom stereocenters. The number of thiophene rings is 1. The minimum atomic E-state index is 0.389. The summed E-state index contributed by atoms with van der Waals surface area (Å²) in [6.07, 6.45) is 3.63. The molecule has 1 aromatic carbocycles. The number of rotatable bonds is 2. The number of nitrogens with one attached hydrogen (secondary N) is 1. The van der Waals surface area contributed by atoms with Crippen molar-refractivity contribution < 1.29 is 0 Å². The third kappa shape index (κ3) is 1.53. The molecule has 80 valence electrons. The van der Waals surface area contributed by atoms with Gasteiger partial charge >= 0.3 is 0 Å². The molecule has 0 aliphatic rings. The monoisotopic (exact) mass is 228 g/mol. The smallest absolute Gasteiger partial charge is 0.0921 e. The number of hydrogen-bond donors (Lipinski definition) is 1. The van der Waals surface area contributed by atoms with Crippen LogP contribution in [0.5, 0.6) is 0 Å². The number of nitrogens with zero attached hydrogens (tertiary/aromatic N) is 1. The Kier molecular flexibility index (Phi) is 2.26. The maximum absolute atomic E-state index is 4.07. The van der Waals surface area contributed by atoms with Gasteiger partial charge in [0.15, 0.2) is 0 Å². The third-order valence-corrected chi connectivity index (χ3v) is 4.16. The van der Waals surface area contributed by atoms with Crippen LogP contribution in [0, 0.1) is 0 Å². The van der Waals surface area contributed by atoms with E-state index in [2.05, 4.69) is 47.2 Å². The van der Waals surface area contributed by atoms with Gasteiger partial charge in [0.1, 0.15) is 0 Å². The Labute approximate surface area is 98.0 Å². The standard InChI is InChI=1S/C13H12N2S/c1-9(11-7-14-8-15-11)13-6-10-4-2-3-5-12(10)16-13/h2-9H,1H3,(H,14,15). The van der Waals surface area contributed by atoms with E-state index >= 15 is 0 Å². The highest BCUT2D eigenvalue weighted by atomic mass is 32.1. The molecule has 0 aliphatic heterocycles. The summed E-state index contributed by atoms with van der Waals surface area (Å²) in [7, 11) is 0. The van der Waals surface area contributed by atoms with E-state index in [1.165, 1.54) is 20.7 Å². The highest BCUT2D eigenvalue weighted by Gasteiger charge is 2.12. The molecule has 3 heteroatoms. The Morgan fingerprint density at radius 3 is 2.94 bits per heavy atom. The van der Waals surface area contributed by atoms with Crippen molar-refractivity contribution in [2.75, 3.05) is 0 Å². The lowest BCUT2D eigenvalue weighted by Crippen LogP contribution is -1.92. The minimum Gasteiger partial charge on any atom is -0.348 e. The number of aromatic nitrogens is 2. The van der Waals surface area contributed by atoms with E-state index in [0.29, 0.717) is 5.92 Å². The largest absolute Gasteiger partial charge is 0.348 e. The molecule has 0 radical (unpaired) electrons.